The van der Waals surface area contributed by atoms with Crippen LogP contribution in [0.3, 0.4) is 0 Å². The second-order valence-electron chi connectivity index (χ2n) is 7.39. The Morgan fingerprint density at radius 1 is 1.24 bits per heavy atom. The predicted octanol–water partition coefficient (Wildman–Crippen LogP) is 3.12. The molecule has 0 saturated carbocycles. The molecule has 0 radical (unpaired) electrons. The molecule has 6 nitrogen and oxygen atoms in total. The Bertz CT molecular complexity index is 911. The van der Waals surface area contributed by atoms with Crippen LogP contribution in [0.5, 0.6) is 0 Å². The number of amides is 2. The Kier molecular flexibility index (Phi) is 4.70. The van der Waals surface area contributed by atoms with E-state index in [1.165, 1.54) is 0 Å². The van der Waals surface area contributed by atoms with Gasteiger partial charge in [0.05, 0.1) is 17.7 Å². The van der Waals surface area contributed by atoms with Crippen LogP contribution in [0, 0.1) is 0 Å². The van der Waals surface area contributed by atoms with Gasteiger partial charge in [0.2, 0.25) is 0 Å². The minimum Gasteiger partial charge on any atom is -0.437 e. The zero-order valence-corrected chi connectivity index (χ0v) is 15.8. The summed E-state index contributed by atoms with van der Waals surface area (Å²) in [5.74, 6) is -3.21. The molecule has 1 N–H and O–H groups in total. The number of nitrogens with zero attached hydrogens (tertiary/aromatic N) is 1. The first-order valence-electron chi connectivity index (χ1n) is 8.99. The summed E-state index contributed by atoms with van der Waals surface area (Å²) in [6.07, 6.45) is -3.95. The first kappa shape index (κ1) is 19.9. The van der Waals surface area contributed by atoms with E-state index >= 15 is 0 Å². The molecule has 10 heteroatoms. The number of fused-ring (bicyclic) bond motifs is 3. The molecular weight excluding hydrogens is 413 g/mol. The predicted molar refractivity (Wildman–Crippen MR) is 95.0 cm³/mol. The quantitative estimate of drug-likeness (QED) is 0.591. The van der Waals surface area contributed by atoms with Crippen LogP contribution in [0.2, 0.25) is 0 Å². The van der Waals surface area contributed by atoms with E-state index < -0.39 is 29.7 Å². The van der Waals surface area contributed by atoms with Crippen molar-refractivity contribution in [3.63, 3.8) is 0 Å². The Balaban J connectivity index is 1.54. The Morgan fingerprint density at radius 2 is 1.86 bits per heavy atom. The van der Waals surface area contributed by atoms with Crippen molar-refractivity contribution in [2.24, 2.45) is 0 Å². The zero-order chi connectivity index (χ0) is 21.0. The fourth-order valence-corrected chi connectivity index (χ4v) is 4.39. The normalized spacial score (nSPS) is 27.9. The number of rotatable bonds is 3. The molecule has 1 aromatic carbocycles. The summed E-state index contributed by atoms with van der Waals surface area (Å²) in [5.41, 5.74) is -0.340. The summed E-state index contributed by atoms with van der Waals surface area (Å²) in [5, 5.41) is 3.13. The Hall–Kier alpha value is -2.39. The first-order chi connectivity index (χ1) is 13.6. The average molecular weight is 429 g/mol. The van der Waals surface area contributed by atoms with Gasteiger partial charge in [0.15, 0.2) is 5.72 Å². The molecule has 2 fully saturated rings. The maximum Gasteiger partial charge on any atom is 0.490 e. The molecule has 2 bridgehead atoms. The largest absolute Gasteiger partial charge is 0.490 e. The number of alkyl halides is 3. The second-order valence-corrected chi connectivity index (χ2v) is 7.85. The van der Waals surface area contributed by atoms with E-state index in [4.69, 9.17) is 16.3 Å². The van der Waals surface area contributed by atoms with Crippen molar-refractivity contribution < 1.29 is 32.3 Å². The highest BCUT2D eigenvalue weighted by molar-refractivity contribution is 6.31. The summed E-state index contributed by atoms with van der Waals surface area (Å²) in [6.45, 7) is -0.181. The van der Waals surface area contributed by atoms with Gasteiger partial charge in [-0.15, -0.1) is 0 Å². The second kappa shape index (κ2) is 6.84. The molecule has 0 aromatic heterocycles. The van der Waals surface area contributed by atoms with Crippen LogP contribution in [0.1, 0.15) is 46.4 Å². The van der Waals surface area contributed by atoms with Gasteiger partial charge < -0.3 is 4.74 Å². The maximum absolute atomic E-state index is 12.6. The van der Waals surface area contributed by atoms with Crippen molar-refractivity contribution in [2.45, 2.75) is 43.6 Å². The van der Waals surface area contributed by atoms with Crippen LogP contribution in [0.4, 0.5) is 13.2 Å². The van der Waals surface area contributed by atoms with E-state index in [9.17, 15) is 27.6 Å². The number of benzene rings is 1. The van der Waals surface area contributed by atoms with Gasteiger partial charge in [0.25, 0.3) is 11.8 Å². The molecule has 2 saturated heterocycles. The number of hydrogen-bond donors (Lipinski definition) is 1. The molecule has 2 atom stereocenters. The smallest absolute Gasteiger partial charge is 0.437 e. The molecule has 29 heavy (non-hydrogen) atoms. The van der Waals surface area contributed by atoms with Crippen LogP contribution in [-0.2, 0) is 9.53 Å². The number of imide groups is 1. The summed E-state index contributed by atoms with van der Waals surface area (Å²) >= 11 is 6.40. The standard InChI is InChI=1S/C19H16ClF3N2O4/c20-14(9-25-15(26)12-3-1-2-4-13(12)16(25)27)10-7-11-5-6-18(8-10,24-11)29-17(28)19(21,22)23/h1-4,11,24H,5-9H2/b14-10+. The third-order valence-corrected chi connectivity index (χ3v) is 5.82. The third-order valence-electron chi connectivity index (χ3n) is 5.43. The van der Waals surface area contributed by atoms with Crippen molar-refractivity contribution in [2.75, 3.05) is 6.54 Å². The minimum absolute atomic E-state index is 0.0344. The molecule has 2 amide bonds. The molecule has 3 heterocycles. The van der Waals surface area contributed by atoms with E-state index in [2.05, 4.69) is 5.32 Å². The molecule has 154 valence electrons. The zero-order valence-electron chi connectivity index (χ0n) is 15.0. The van der Waals surface area contributed by atoms with Crippen LogP contribution >= 0.6 is 11.6 Å². The number of nitrogens with one attached hydrogen (secondary N) is 1. The van der Waals surface area contributed by atoms with Gasteiger partial charge in [0, 0.05) is 23.9 Å². The van der Waals surface area contributed by atoms with Gasteiger partial charge in [-0.05, 0) is 30.5 Å². The first-order valence-corrected chi connectivity index (χ1v) is 9.37. The van der Waals surface area contributed by atoms with Crippen molar-refractivity contribution in [1.29, 1.82) is 0 Å². The third kappa shape index (κ3) is 3.53. The van der Waals surface area contributed by atoms with Crippen LogP contribution in [-0.4, -0.2) is 47.2 Å². The van der Waals surface area contributed by atoms with Crippen LogP contribution in [0.25, 0.3) is 0 Å². The molecule has 0 aliphatic carbocycles. The van der Waals surface area contributed by atoms with Gasteiger partial charge in [-0.1, -0.05) is 23.7 Å². The van der Waals surface area contributed by atoms with E-state index in [0.29, 0.717) is 18.4 Å². The number of carbonyl (C=O) groups excluding carboxylic acids is 3. The summed E-state index contributed by atoms with van der Waals surface area (Å²) in [6, 6.07) is 6.20. The SMILES string of the molecule is O=C1c2ccccc2C(=O)N1C/C(Cl)=C1/CC2CCC(OC(=O)C(F)(F)F)(C1)N2. The highest BCUT2D eigenvalue weighted by Gasteiger charge is 2.52. The lowest BCUT2D eigenvalue weighted by molar-refractivity contribution is -0.216. The molecule has 0 spiro atoms. The van der Waals surface area contributed by atoms with E-state index in [-0.39, 0.29) is 41.6 Å². The lowest BCUT2D eigenvalue weighted by atomic mass is 9.95. The number of ether oxygens (including phenoxy) is 1. The molecule has 3 aliphatic heterocycles. The number of carbonyl (C=O) groups is 3. The topological polar surface area (TPSA) is 75.7 Å². The summed E-state index contributed by atoms with van der Waals surface area (Å²) in [7, 11) is 0. The van der Waals surface area contributed by atoms with Crippen molar-refractivity contribution >= 4 is 29.4 Å². The van der Waals surface area contributed by atoms with E-state index in [0.717, 1.165) is 4.90 Å². The van der Waals surface area contributed by atoms with Crippen molar-refractivity contribution in [3.8, 4) is 0 Å². The molecule has 2 unspecified atom stereocenters. The fourth-order valence-electron chi connectivity index (χ4n) is 4.12. The van der Waals surface area contributed by atoms with Crippen molar-refractivity contribution in [1.82, 2.24) is 10.2 Å². The van der Waals surface area contributed by atoms with E-state index in [1.807, 2.05) is 0 Å². The maximum atomic E-state index is 12.6. The molecular formula is C19H16ClF3N2O4. The van der Waals surface area contributed by atoms with E-state index in [1.54, 1.807) is 24.3 Å². The number of hydrogen-bond acceptors (Lipinski definition) is 5. The van der Waals surface area contributed by atoms with Crippen LogP contribution < -0.4 is 5.32 Å². The highest BCUT2D eigenvalue weighted by atomic mass is 35.5. The van der Waals surface area contributed by atoms with Gasteiger partial charge in [0.1, 0.15) is 0 Å². The highest BCUT2D eigenvalue weighted by Crippen LogP contribution is 2.42. The summed E-state index contributed by atoms with van der Waals surface area (Å²) < 4.78 is 42.7. The molecule has 1 aromatic rings. The Morgan fingerprint density at radius 3 is 2.45 bits per heavy atom. The lowest BCUT2D eigenvalue weighted by Gasteiger charge is -2.36. The number of halogens is 4. The van der Waals surface area contributed by atoms with Crippen molar-refractivity contribution in [3.05, 3.63) is 46.0 Å². The average Bonchev–Trinajstić information content (AvgIpc) is 3.09. The summed E-state index contributed by atoms with van der Waals surface area (Å²) in [4.78, 5) is 37.4. The lowest BCUT2D eigenvalue weighted by Crippen LogP contribution is -2.52. The van der Waals surface area contributed by atoms with Gasteiger partial charge in [-0.25, -0.2) is 4.79 Å². The number of esters is 1. The van der Waals surface area contributed by atoms with Gasteiger partial charge >= 0.3 is 12.1 Å². The van der Waals surface area contributed by atoms with Gasteiger partial charge in [-0.3, -0.25) is 19.8 Å². The minimum atomic E-state index is -5.10. The Labute approximate surface area is 168 Å². The number of piperidine rings is 1. The van der Waals surface area contributed by atoms with Crippen LogP contribution in [0.15, 0.2) is 34.9 Å². The molecule has 4 rings (SSSR count). The van der Waals surface area contributed by atoms with Gasteiger partial charge in [-0.2, -0.15) is 13.2 Å². The molecule has 3 aliphatic rings. The fraction of sp³-hybridized carbons (Fsp3) is 0.421. The monoisotopic (exact) mass is 428 g/mol.